The Kier molecular flexibility index (Phi) is 23.4. The molecule has 0 unspecified atom stereocenters. The molecule has 0 radical (unpaired) electrons. The van der Waals surface area contributed by atoms with Crippen molar-refractivity contribution in [3.8, 4) is 0 Å². The van der Waals surface area contributed by atoms with Gasteiger partial charge < -0.3 is 71.6 Å². The van der Waals surface area contributed by atoms with Gasteiger partial charge in [0.2, 0.25) is 59.1 Å². The minimum atomic E-state index is -5.08. The summed E-state index contributed by atoms with van der Waals surface area (Å²) in [5.41, 5.74) is 5.59. The normalized spacial score (nSPS) is 24.5. The SMILES string of the molecule is CC(C)[C@H]1C(=O)NC[C@@H](N)C(=O)N2CCCC[C@H]2C(=O)NCC(=O)N(C)CC(=O)N(C)C2(CCC2)C(=O)NC[C@@H](NC(=O)OCc2ccccc2)C(=O)N2CCCC[C@H]2C(=O)NCC(=O)N(C)CC(=O)N1C.O=C(O)C(F)(F)F. The maximum Gasteiger partial charge on any atom is 0.490 e. The number of rotatable bonds is 4. The molecular weight excluding hydrogens is 1050 g/mol. The number of ether oxygens (including phenoxy) is 1. The van der Waals surface area contributed by atoms with Crippen molar-refractivity contribution in [1.29, 1.82) is 0 Å². The van der Waals surface area contributed by atoms with Crippen LogP contribution in [0.3, 0.4) is 0 Å². The van der Waals surface area contributed by atoms with Crippen LogP contribution < -0.4 is 32.3 Å². The number of nitrogens with one attached hydrogen (secondary N) is 5. The number of alkyl halides is 3. The Morgan fingerprint density at radius 1 is 0.709 bits per heavy atom. The van der Waals surface area contributed by atoms with Crippen LogP contribution in [0.2, 0.25) is 0 Å². The number of carbonyl (C=O) groups excluding carboxylic acids is 11. The van der Waals surface area contributed by atoms with Crippen LogP contribution in [0.1, 0.15) is 77.2 Å². The number of piperidine rings is 2. The molecule has 0 aromatic heterocycles. The molecule has 4 fully saturated rings. The molecule has 1 saturated carbocycles. The fourth-order valence-corrected chi connectivity index (χ4v) is 9.39. The largest absolute Gasteiger partial charge is 0.490 e. The highest BCUT2D eigenvalue weighted by Crippen LogP contribution is 2.37. The predicted octanol–water partition coefficient (Wildman–Crippen LogP) is -1.74. The number of halogens is 3. The molecule has 3 heterocycles. The molecule has 29 heteroatoms. The third-order valence-electron chi connectivity index (χ3n) is 14.3. The molecule has 0 bridgehead atoms. The van der Waals surface area contributed by atoms with E-state index in [1.807, 2.05) is 0 Å². The summed E-state index contributed by atoms with van der Waals surface area (Å²) in [6.45, 7) is 0.778. The molecule has 8 N–H and O–H groups in total. The van der Waals surface area contributed by atoms with Crippen LogP contribution in [0, 0.1) is 5.92 Å². The van der Waals surface area contributed by atoms with Crippen molar-refractivity contribution < 1.29 is 80.5 Å². The second-order valence-corrected chi connectivity index (χ2v) is 20.2. The zero-order valence-corrected chi connectivity index (χ0v) is 45.2. The molecule has 1 spiro atoms. The van der Waals surface area contributed by atoms with Crippen molar-refractivity contribution in [1.82, 2.24) is 56.0 Å². The fourth-order valence-electron chi connectivity index (χ4n) is 9.39. The first-order valence-electron chi connectivity index (χ1n) is 25.9. The topological polar surface area (TPSA) is 340 Å². The van der Waals surface area contributed by atoms with E-state index in [1.165, 1.54) is 47.8 Å². The van der Waals surface area contributed by atoms with E-state index < -0.39 is 152 Å². The van der Waals surface area contributed by atoms with Crippen molar-refractivity contribution >= 4 is 71.1 Å². The minimum Gasteiger partial charge on any atom is -0.475 e. The van der Waals surface area contributed by atoms with Crippen LogP contribution in [0.15, 0.2) is 30.3 Å². The molecule has 11 amide bonds. The average molecular weight is 1120 g/mol. The summed E-state index contributed by atoms with van der Waals surface area (Å²) >= 11 is 0. The van der Waals surface area contributed by atoms with Crippen molar-refractivity contribution in [3.63, 3.8) is 0 Å². The number of carboxylic acid groups (broad SMARTS) is 1. The van der Waals surface area contributed by atoms with E-state index in [1.54, 1.807) is 44.2 Å². The standard InChI is InChI=1S/C48H72N12O12.C2HF3O2/c1-30(2)40-43(67)50-23-32(49)44(68)59-21-12-10-17-34(59)41(65)51-26-37(62)56(4)28-39(64)58(6)48(19-14-20-48)46(70)53-24-33(54-47(71)72-29-31-15-8-7-9-16-31)45(69)60-22-13-11-18-35(60)42(66)52-25-36(61)55(3)27-38(63)57(40)5;3-2(4,5)1(6)7/h7-9,15-16,30,32-35,40H,10-14,17-29,49H2,1-6H3,(H,50,67)(H,51,65)(H,52,66)(H,53,70)(H,54,71);(H,6,7)/t32-,33-,34+,35+,40+;/m1./s1. The summed E-state index contributed by atoms with van der Waals surface area (Å²) in [7, 11) is 5.55. The van der Waals surface area contributed by atoms with E-state index >= 15 is 0 Å². The van der Waals surface area contributed by atoms with Crippen molar-refractivity contribution in [2.45, 2.75) is 120 Å². The third kappa shape index (κ3) is 17.5. The average Bonchev–Trinajstić information content (AvgIpc) is 3.44. The van der Waals surface area contributed by atoms with Crippen LogP contribution in [0.25, 0.3) is 0 Å². The number of carbonyl (C=O) groups is 12. The van der Waals surface area contributed by atoms with Crippen molar-refractivity contribution in [2.24, 2.45) is 11.7 Å². The highest BCUT2D eigenvalue weighted by molar-refractivity contribution is 5.97. The number of amides is 11. The number of fused-ring (bicyclic) bond motifs is 2. The highest BCUT2D eigenvalue weighted by Gasteiger charge is 2.50. The molecule has 4 aliphatic rings. The van der Waals surface area contributed by atoms with Gasteiger partial charge in [0, 0.05) is 54.4 Å². The molecule has 1 aliphatic carbocycles. The number of hydrogen-bond donors (Lipinski definition) is 7. The molecule has 3 saturated heterocycles. The second-order valence-electron chi connectivity index (χ2n) is 20.2. The summed E-state index contributed by atoms with van der Waals surface area (Å²) < 4.78 is 37.2. The first kappa shape index (κ1) is 63.9. The second kappa shape index (κ2) is 28.9. The lowest BCUT2D eigenvalue weighted by atomic mass is 9.74. The lowest BCUT2D eigenvalue weighted by Crippen LogP contribution is -2.66. The zero-order chi connectivity index (χ0) is 58.9. The molecule has 79 heavy (non-hydrogen) atoms. The van der Waals surface area contributed by atoms with E-state index in [0.717, 1.165) is 9.80 Å². The number of benzene rings is 1. The number of aliphatic carboxylic acids is 1. The zero-order valence-electron chi connectivity index (χ0n) is 45.2. The van der Waals surface area contributed by atoms with Crippen LogP contribution in [0.4, 0.5) is 18.0 Å². The monoisotopic (exact) mass is 1120 g/mol. The van der Waals surface area contributed by atoms with E-state index in [-0.39, 0.29) is 51.9 Å². The maximum absolute atomic E-state index is 14.5. The first-order chi connectivity index (χ1) is 37.1. The van der Waals surface area contributed by atoms with Gasteiger partial charge in [0.25, 0.3) is 0 Å². The van der Waals surface area contributed by atoms with Gasteiger partial charge >= 0.3 is 18.2 Å². The van der Waals surface area contributed by atoms with Crippen molar-refractivity contribution in [3.05, 3.63) is 35.9 Å². The Morgan fingerprint density at radius 2 is 1.22 bits per heavy atom. The van der Waals surface area contributed by atoms with E-state index in [0.29, 0.717) is 37.7 Å². The number of carboxylic acids is 1. The van der Waals surface area contributed by atoms with E-state index in [9.17, 15) is 65.9 Å². The van der Waals surface area contributed by atoms with E-state index in [2.05, 4.69) is 26.6 Å². The van der Waals surface area contributed by atoms with Gasteiger partial charge in [0.1, 0.15) is 42.4 Å². The lowest BCUT2D eigenvalue weighted by Gasteiger charge is -2.47. The molecule has 1 aromatic carbocycles. The maximum atomic E-state index is 14.5. The Hall–Kier alpha value is -7.59. The molecule has 1 aromatic rings. The van der Waals surface area contributed by atoms with Crippen LogP contribution in [-0.2, 0) is 64.1 Å². The van der Waals surface area contributed by atoms with Gasteiger partial charge in [-0.15, -0.1) is 0 Å². The molecular formula is C50H73F3N12O14. The third-order valence-corrected chi connectivity index (χ3v) is 14.3. The highest BCUT2D eigenvalue weighted by atomic mass is 19.4. The summed E-state index contributed by atoms with van der Waals surface area (Å²) in [6, 6.07) is 2.95. The Balaban J connectivity index is 0.00000179. The van der Waals surface area contributed by atoms with Crippen molar-refractivity contribution in [2.75, 3.05) is 80.5 Å². The molecule has 438 valence electrons. The number of alkyl carbamates (subject to hydrolysis) is 1. The minimum absolute atomic E-state index is 0.0970. The van der Waals surface area contributed by atoms with Gasteiger partial charge in [-0.3, -0.25) is 47.9 Å². The number of hydrogen-bond acceptors (Lipinski definition) is 14. The molecule has 3 aliphatic heterocycles. The van der Waals surface area contributed by atoms with Crippen LogP contribution in [0.5, 0.6) is 0 Å². The van der Waals surface area contributed by atoms with Gasteiger partial charge in [-0.25, -0.2) is 9.59 Å². The Morgan fingerprint density at radius 3 is 1.70 bits per heavy atom. The summed E-state index contributed by atoms with van der Waals surface area (Å²) in [5.74, 6) is -9.53. The Bertz CT molecular complexity index is 2410. The smallest absolute Gasteiger partial charge is 0.475 e. The number of likely N-dealkylation sites (N-methyl/N-ethyl adjacent to an activating group) is 4. The van der Waals surface area contributed by atoms with Gasteiger partial charge in [-0.05, 0) is 69.3 Å². The summed E-state index contributed by atoms with van der Waals surface area (Å²) in [5, 5.41) is 20.2. The van der Waals surface area contributed by atoms with Gasteiger partial charge in [0.15, 0.2) is 0 Å². The first-order valence-corrected chi connectivity index (χ1v) is 25.9. The lowest BCUT2D eigenvalue weighted by molar-refractivity contribution is -0.192. The van der Waals surface area contributed by atoms with Crippen LogP contribution >= 0.6 is 0 Å². The predicted molar refractivity (Wildman–Crippen MR) is 272 cm³/mol. The summed E-state index contributed by atoms with van der Waals surface area (Å²) in [4.78, 5) is 167. The van der Waals surface area contributed by atoms with Gasteiger partial charge in [0.05, 0.1) is 26.2 Å². The van der Waals surface area contributed by atoms with Gasteiger partial charge in [-0.2, -0.15) is 13.2 Å². The fraction of sp³-hybridized carbons (Fsp3) is 0.640. The molecule has 5 atom stereocenters. The molecule has 5 rings (SSSR count). The van der Waals surface area contributed by atoms with Gasteiger partial charge in [-0.1, -0.05) is 44.2 Å². The quantitative estimate of drug-likeness (QED) is 0.176. The molecule has 26 nitrogen and oxygen atoms in total. The van der Waals surface area contributed by atoms with E-state index in [4.69, 9.17) is 20.4 Å². The Labute approximate surface area is 454 Å². The number of nitrogens with zero attached hydrogens (tertiary/aromatic N) is 6. The summed E-state index contributed by atoms with van der Waals surface area (Å²) in [6.07, 6.45) is -2.26. The van der Waals surface area contributed by atoms with Crippen LogP contribution in [-0.4, -0.2) is 228 Å². The number of nitrogens with two attached hydrogens (primary N) is 1.